The molecule has 0 amide bonds. The van der Waals surface area contributed by atoms with Gasteiger partial charge in [-0.1, -0.05) is 0 Å². The number of aliphatic hydroxyl groups is 1. The molecule has 0 saturated carbocycles. The Morgan fingerprint density at radius 1 is 1.45 bits per heavy atom. The zero-order chi connectivity index (χ0) is 7.56. The molecule has 0 aromatic heterocycles. The van der Waals surface area contributed by atoms with Crippen molar-refractivity contribution in [1.29, 1.82) is 0 Å². The lowest BCUT2D eigenvalue weighted by molar-refractivity contribution is 0.0850. The quantitative estimate of drug-likeness (QED) is 0.630. The first-order valence-corrected chi connectivity index (χ1v) is 3.84. The van der Waals surface area contributed by atoms with Crippen LogP contribution in [0.4, 0.5) is 0 Å². The third-order valence-electron chi connectivity index (χ3n) is 2.16. The molecular formula is C7H17ClN2O. The summed E-state index contributed by atoms with van der Waals surface area (Å²) in [5.41, 5.74) is 0. The lowest BCUT2D eigenvalue weighted by atomic mass is 10.2. The van der Waals surface area contributed by atoms with Crippen LogP contribution in [0, 0.1) is 0 Å². The third-order valence-corrected chi connectivity index (χ3v) is 2.16. The normalized spacial score (nSPS) is 24.3. The molecule has 0 aromatic rings. The maximum absolute atomic E-state index is 9.21. The van der Waals surface area contributed by atoms with Crippen molar-refractivity contribution in [3.63, 3.8) is 0 Å². The Morgan fingerprint density at radius 2 is 2.09 bits per heavy atom. The van der Waals surface area contributed by atoms with Gasteiger partial charge in [0, 0.05) is 25.8 Å². The smallest absolute Gasteiger partial charge is 0.0665 e. The summed E-state index contributed by atoms with van der Waals surface area (Å²) < 4.78 is 0. The molecule has 1 saturated heterocycles. The van der Waals surface area contributed by atoms with E-state index in [9.17, 15) is 5.11 Å². The molecule has 1 heterocycles. The molecule has 1 aliphatic rings. The van der Waals surface area contributed by atoms with Crippen LogP contribution in [0.15, 0.2) is 0 Å². The van der Waals surface area contributed by atoms with Crippen molar-refractivity contribution < 1.29 is 5.11 Å². The molecule has 3 nitrogen and oxygen atoms in total. The molecule has 2 unspecified atom stereocenters. The molecule has 2 N–H and O–H groups in total. The van der Waals surface area contributed by atoms with Crippen LogP contribution in [-0.4, -0.2) is 41.9 Å². The summed E-state index contributed by atoms with van der Waals surface area (Å²) in [5, 5.41) is 12.4. The fraction of sp³-hybridized carbons (Fsp3) is 1.00. The topological polar surface area (TPSA) is 35.5 Å². The number of nitrogens with zero attached hydrogens (tertiary/aromatic N) is 1. The van der Waals surface area contributed by atoms with Gasteiger partial charge < -0.3 is 10.4 Å². The summed E-state index contributed by atoms with van der Waals surface area (Å²) in [7, 11) is 0. The zero-order valence-corrected chi connectivity index (χ0v) is 7.90. The van der Waals surface area contributed by atoms with E-state index in [2.05, 4.69) is 17.1 Å². The highest BCUT2D eigenvalue weighted by molar-refractivity contribution is 5.85. The highest BCUT2D eigenvalue weighted by Gasteiger charge is 2.20. The summed E-state index contributed by atoms with van der Waals surface area (Å²) >= 11 is 0. The van der Waals surface area contributed by atoms with Crippen LogP contribution in [0.3, 0.4) is 0 Å². The molecule has 2 atom stereocenters. The Kier molecular flexibility index (Phi) is 5.01. The van der Waals surface area contributed by atoms with Crippen LogP contribution in [-0.2, 0) is 0 Å². The number of halogens is 1. The monoisotopic (exact) mass is 180 g/mol. The van der Waals surface area contributed by atoms with E-state index in [-0.39, 0.29) is 24.6 Å². The van der Waals surface area contributed by atoms with E-state index >= 15 is 0 Å². The van der Waals surface area contributed by atoms with Crippen molar-refractivity contribution in [3.05, 3.63) is 0 Å². The van der Waals surface area contributed by atoms with Gasteiger partial charge in [-0.15, -0.1) is 12.4 Å². The van der Waals surface area contributed by atoms with Gasteiger partial charge in [0.25, 0.3) is 0 Å². The lowest BCUT2D eigenvalue weighted by Crippen LogP contribution is -2.39. The number of nitrogens with one attached hydrogen (secondary N) is 1. The predicted molar refractivity (Wildman–Crippen MR) is 48.0 cm³/mol. The summed E-state index contributed by atoms with van der Waals surface area (Å²) in [6.45, 7) is 6.93. The van der Waals surface area contributed by atoms with Crippen molar-refractivity contribution in [2.45, 2.75) is 26.0 Å². The zero-order valence-electron chi connectivity index (χ0n) is 7.08. The average Bonchev–Trinajstić information content (AvgIpc) is 2.36. The Morgan fingerprint density at radius 3 is 2.45 bits per heavy atom. The molecule has 0 spiro atoms. The van der Waals surface area contributed by atoms with E-state index in [0.29, 0.717) is 0 Å². The van der Waals surface area contributed by atoms with Gasteiger partial charge in [0.1, 0.15) is 0 Å². The fourth-order valence-corrected chi connectivity index (χ4v) is 1.18. The van der Waals surface area contributed by atoms with Crippen LogP contribution in [0.1, 0.15) is 13.8 Å². The second-order valence-corrected chi connectivity index (χ2v) is 2.95. The summed E-state index contributed by atoms with van der Waals surface area (Å²) in [5.74, 6) is 0. The number of rotatable bonds is 2. The Bertz CT molecular complexity index is 105. The lowest BCUT2D eigenvalue weighted by Gasteiger charge is -2.24. The summed E-state index contributed by atoms with van der Waals surface area (Å²) in [6.07, 6.45) is -0.222. The van der Waals surface area contributed by atoms with E-state index in [1.54, 1.807) is 0 Å². The minimum Gasteiger partial charge on any atom is -0.392 e. The van der Waals surface area contributed by atoms with Crippen LogP contribution >= 0.6 is 12.4 Å². The molecule has 1 fully saturated rings. The van der Waals surface area contributed by atoms with Gasteiger partial charge in [-0.2, -0.15) is 0 Å². The van der Waals surface area contributed by atoms with Gasteiger partial charge in [0.05, 0.1) is 6.10 Å². The number of hydrogen-bond acceptors (Lipinski definition) is 3. The minimum atomic E-state index is -0.222. The van der Waals surface area contributed by atoms with Crippen molar-refractivity contribution in [1.82, 2.24) is 10.2 Å². The third kappa shape index (κ3) is 2.95. The standard InChI is InChI=1S/C7H16N2O.ClH/c1-6(7(2)10)9-4-3-8-5-9;/h6-8,10H,3-5H2,1-2H3;1H. The molecule has 1 aliphatic heterocycles. The van der Waals surface area contributed by atoms with Crippen molar-refractivity contribution in [2.75, 3.05) is 19.8 Å². The molecule has 11 heavy (non-hydrogen) atoms. The number of aliphatic hydroxyl groups excluding tert-OH is 1. The molecule has 0 radical (unpaired) electrons. The average molecular weight is 181 g/mol. The highest BCUT2D eigenvalue weighted by atomic mass is 35.5. The second kappa shape index (κ2) is 4.93. The first kappa shape index (κ1) is 11.2. The van der Waals surface area contributed by atoms with Crippen LogP contribution < -0.4 is 5.32 Å². The largest absolute Gasteiger partial charge is 0.392 e. The van der Waals surface area contributed by atoms with E-state index in [1.165, 1.54) is 0 Å². The molecule has 0 aromatic carbocycles. The van der Waals surface area contributed by atoms with Crippen molar-refractivity contribution >= 4 is 12.4 Å². The van der Waals surface area contributed by atoms with E-state index in [4.69, 9.17) is 0 Å². The summed E-state index contributed by atoms with van der Waals surface area (Å²) in [4.78, 5) is 2.24. The molecular weight excluding hydrogens is 164 g/mol. The van der Waals surface area contributed by atoms with Crippen molar-refractivity contribution in [2.24, 2.45) is 0 Å². The van der Waals surface area contributed by atoms with Crippen LogP contribution in [0.25, 0.3) is 0 Å². The van der Waals surface area contributed by atoms with Gasteiger partial charge >= 0.3 is 0 Å². The fourth-order valence-electron chi connectivity index (χ4n) is 1.18. The van der Waals surface area contributed by atoms with Crippen LogP contribution in [0.2, 0.25) is 0 Å². The van der Waals surface area contributed by atoms with Gasteiger partial charge in [0.2, 0.25) is 0 Å². The van der Waals surface area contributed by atoms with Gasteiger partial charge in [-0.25, -0.2) is 0 Å². The van der Waals surface area contributed by atoms with Crippen molar-refractivity contribution in [3.8, 4) is 0 Å². The SMILES string of the molecule is CC(O)C(C)N1CCNC1.Cl. The first-order chi connectivity index (χ1) is 4.72. The van der Waals surface area contributed by atoms with Gasteiger partial charge in [0.15, 0.2) is 0 Å². The molecule has 68 valence electrons. The maximum atomic E-state index is 9.21. The Balaban J connectivity index is 0.000001000. The second-order valence-electron chi connectivity index (χ2n) is 2.95. The summed E-state index contributed by atoms with van der Waals surface area (Å²) in [6, 6.07) is 0.287. The van der Waals surface area contributed by atoms with Crippen LogP contribution in [0.5, 0.6) is 0 Å². The van der Waals surface area contributed by atoms with Gasteiger partial charge in [-0.05, 0) is 13.8 Å². The first-order valence-electron chi connectivity index (χ1n) is 3.84. The molecule has 0 aliphatic carbocycles. The van der Waals surface area contributed by atoms with E-state index in [0.717, 1.165) is 19.8 Å². The molecule has 4 heteroatoms. The minimum absolute atomic E-state index is 0. The van der Waals surface area contributed by atoms with E-state index in [1.807, 2.05) is 6.92 Å². The number of hydrogen-bond donors (Lipinski definition) is 2. The van der Waals surface area contributed by atoms with Gasteiger partial charge in [-0.3, -0.25) is 4.90 Å². The molecule has 0 bridgehead atoms. The Labute approximate surface area is 74.2 Å². The van der Waals surface area contributed by atoms with E-state index < -0.39 is 0 Å². The highest BCUT2D eigenvalue weighted by Crippen LogP contribution is 2.04. The Hall–Kier alpha value is 0.170. The molecule has 1 rings (SSSR count). The predicted octanol–water partition coefficient (Wildman–Crippen LogP) is 0.0402. The maximum Gasteiger partial charge on any atom is 0.0665 e.